The summed E-state index contributed by atoms with van der Waals surface area (Å²) in [5.74, 6) is -0.0671. The van der Waals surface area contributed by atoms with E-state index in [1.807, 2.05) is 25.3 Å². The van der Waals surface area contributed by atoms with Crippen molar-refractivity contribution in [1.29, 1.82) is 0 Å². The molecule has 7 nitrogen and oxygen atoms in total. The third kappa shape index (κ3) is 5.82. The zero-order chi connectivity index (χ0) is 22.9. The maximum absolute atomic E-state index is 12.8. The Morgan fingerprint density at radius 3 is 2.72 bits per heavy atom. The number of ether oxygens (including phenoxy) is 2. The Hall–Kier alpha value is -2.55. The van der Waals surface area contributed by atoms with Crippen molar-refractivity contribution in [2.75, 3.05) is 34.0 Å². The van der Waals surface area contributed by atoms with Gasteiger partial charge in [-0.2, -0.15) is 0 Å². The van der Waals surface area contributed by atoms with Crippen LogP contribution in [0.1, 0.15) is 41.5 Å². The summed E-state index contributed by atoms with van der Waals surface area (Å²) < 4.78 is 12.5. The maximum atomic E-state index is 12.8. The minimum Gasteiger partial charge on any atom is -0.385 e. The number of nitrogens with one attached hydrogen (secondary N) is 1. The van der Waals surface area contributed by atoms with Gasteiger partial charge in [0.25, 0.3) is 5.91 Å². The molecule has 1 amide bonds. The van der Waals surface area contributed by atoms with Crippen LogP contribution in [0.15, 0.2) is 29.8 Å². The summed E-state index contributed by atoms with van der Waals surface area (Å²) in [6.07, 6.45) is 4.36. The summed E-state index contributed by atoms with van der Waals surface area (Å²) in [5, 5.41) is 6.00. The molecule has 32 heavy (non-hydrogen) atoms. The number of thiazole rings is 1. The Morgan fingerprint density at radius 2 is 1.97 bits per heavy atom. The van der Waals surface area contributed by atoms with Gasteiger partial charge in [0.2, 0.25) is 0 Å². The van der Waals surface area contributed by atoms with Gasteiger partial charge >= 0.3 is 0 Å². The number of rotatable bonds is 12. The van der Waals surface area contributed by atoms with Crippen LogP contribution < -0.4 is 5.32 Å². The van der Waals surface area contributed by atoms with Crippen LogP contribution in [0, 0.1) is 6.92 Å². The molecular formula is C24H32N4O3S. The lowest BCUT2D eigenvalue weighted by Gasteiger charge is -2.11. The van der Waals surface area contributed by atoms with Gasteiger partial charge in [0.05, 0.1) is 17.0 Å². The molecule has 172 valence electrons. The number of carbonyl (C=O) groups excluding carboxylic acids is 1. The van der Waals surface area contributed by atoms with Crippen molar-refractivity contribution < 1.29 is 14.3 Å². The molecule has 0 spiro atoms. The normalized spacial score (nSPS) is 11.1. The molecule has 0 atom stereocenters. The van der Waals surface area contributed by atoms with Crippen molar-refractivity contribution in [2.24, 2.45) is 0 Å². The molecule has 8 heteroatoms. The highest BCUT2D eigenvalue weighted by Crippen LogP contribution is 2.32. The van der Waals surface area contributed by atoms with Gasteiger partial charge in [-0.05, 0) is 44.4 Å². The largest absolute Gasteiger partial charge is 0.385 e. The summed E-state index contributed by atoms with van der Waals surface area (Å²) in [5.41, 5.74) is 5.56. The van der Waals surface area contributed by atoms with Gasteiger partial charge in [0.15, 0.2) is 0 Å². The lowest BCUT2D eigenvalue weighted by atomic mass is 10.2. The van der Waals surface area contributed by atoms with Crippen LogP contribution >= 0.6 is 11.3 Å². The predicted molar refractivity (Wildman–Crippen MR) is 128 cm³/mol. The van der Waals surface area contributed by atoms with E-state index in [0.717, 1.165) is 59.2 Å². The predicted octanol–water partition coefficient (Wildman–Crippen LogP) is 4.35. The second kappa shape index (κ2) is 11.9. The van der Waals surface area contributed by atoms with E-state index >= 15 is 0 Å². The summed E-state index contributed by atoms with van der Waals surface area (Å²) >= 11 is 1.61. The number of aromatic nitrogens is 3. The molecule has 0 saturated heterocycles. The molecule has 0 aliphatic carbocycles. The van der Waals surface area contributed by atoms with E-state index in [2.05, 4.69) is 33.2 Å². The highest BCUT2D eigenvalue weighted by molar-refractivity contribution is 7.13. The molecule has 0 unspecified atom stereocenters. The molecule has 0 fully saturated rings. The van der Waals surface area contributed by atoms with Gasteiger partial charge in [-0.1, -0.05) is 6.92 Å². The third-order valence-corrected chi connectivity index (χ3v) is 6.24. The monoisotopic (exact) mass is 456 g/mol. The molecule has 0 bridgehead atoms. The van der Waals surface area contributed by atoms with Crippen LogP contribution in [0.3, 0.4) is 0 Å². The Bertz CT molecular complexity index is 1030. The van der Waals surface area contributed by atoms with Crippen molar-refractivity contribution in [3.63, 3.8) is 0 Å². The zero-order valence-corrected chi connectivity index (χ0v) is 20.1. The minimum atomic E-state index is -0.0671. The summed E-state index contributed by atoms with van der Waals surface area (Å²) in [6.45, 7) is 6.71. The number of amides is 1. The highest BCUT2D eigenvalue weighted by Gasteiger charge is 2.20. The summed E-state index contributed by atoms with van der Waals surface area (Å²) in [7, 11) is 3.36. The lowest BCUT2D eigenvalue weighted by molar-refractivity contribution is 0.0948. The topological polar surface area (TPSA) is 78.3 Å². The molecule has 0 aliphatic heterocycles. The molecule has 0 saturated carbocycles. The van der Waals surface area contributed by atoms with Crippen molar-refractivity contribution in [3.8, 4) is 22.0 Å². The number of hydrogen-bond donors (Lipinski definition) is 1. The fraction of sp³-hybridized carbons (Fsp3) is 0.458. The first-order valence-electron chi connectivity index (χ1n) is 11.0. The van der Waals surface area contributed by atoms with Gasteiger partial charge in [-0.15, -0.1) is 11.3 Å². The molecule has 3 aromatic rings. The molecule has 3 heterocycles. The average Bonchev–Trinajstić information content (AvgIpc) is 3.42. The standard InChI is InChI=1S/C24H32N4O3S/c1-5-19-14-18(8-10-25-19)24-27-21(16-32-24)22-15-20(23(29)26-9-6-12-30-3)17(2)28(22)11-7-13-31-4/h8,10,14-16H,5-7,9,11-13H2,1-4H3,(H,26,29). The van der Waals surface area contributed by atoms with E-state index in [1.165, 1.54) is 0 Å². The van der Waals surface area contributed by atoms with E-state index in [-0.39, 0.29) is 5.91 Å². The Morgan fingerprint density at radius 1 is 1.19 bits per heavy atom. The molecule has 3 aromatic heterocycles. The van der Waals surface area contributed by atoms with Crippen LogP contribution in [-0.4, -0.2) is 54.4 Å². The summed E-state index contributed by atoms with van der Waals surface area (Å²) in [6, 6.07) is 6.03. The van der Waals surface area contributed by atoms with E-state index in [1.54, 1.807) is 25.6 Å². The van der Waals surface area contributed by atoms with Crippen LogP contribution in [0.5, 0.6) is 0 Å². The maximum Gasteiger partial charge on any atom is 0.253 e. The number of carbonyl (C=O) groups is 1. The van der Waals surface area contributed by atoms with Crippen LogP contribution in [0.2, 0.25) is 0 Å². The van der Waals surface area contributed by atoms with Gasteiger partial charge in [-0.25, -0.2) is 4.98 Å². The van der Waals surface area contributed by atoms with E-state index in [0.29, 0.717) is 25.3 Å². The number of methoxy groups -OCH3 is 2. The van der Waals surface area contributed by atoms with Gasteiger partial charge < -0.3 is 19.4 Å². The van der Waals surface area contributed by atoms with Crippen molar-refractivity contribution in [1.82, 2.24) is 19.9 Å². The Kier molecular flexibility index (Phi) is 8.96. The second-order valence-corrected chi connectivity index (χ2v) is 8.41. The van der Waals surface area contributed by atoms with Gasteiger partial charge in [0.1, 0.15) is 5.01 Å². The lowest BCUT2D eigenvalue weighted by Crippen LogP contribution is -2.25. The molecular weight excluding hydrogens is 424 g/mol. The fourth-order valence-electron chi connectivity index (χ4n) is 3.58. The first-order chi connectivity index (χ1) is 15.6. The zero-order valence-electron chi connectivity index (χ0n) is 19.3. The number of hydrogen-bond acceptors (Lipinski definition) is 6. The fourth-order valence-corrected chi connectivity index (χ4v) is 4.40. The van der Waals surface area contributed by atoms with Crippen LogP contribution in [0.4, 0.5) is 0 Å². The molecule has 0 aliphatic rings. The van der Waals surface area contributed by atoms with Gasteiger partial charge in [0, 0.05) is 69.1 Å². The second-order valence-electron chi connectivity index (χ2n) is 7.56. The smallest absolute Gasteiger partial charge is 0.253 e. The number of pyridine rings is 1. The number of nitrogens with zero attached hydrogens (tertiary/aromatic N) is 3. The summed E-state index contributed by atoms with van der Waals surface area (Å²) in [4.78, 5) is 22.1. The van der Waals surface area contributed by atoms with Crippen molar-refractivity contribution in [2.45, 2.75) is 39.7 Å². The van der Waals surface area contributed by atoms with E-state index in [9.17, 15) is 4.79 Å². The van der Waals surface area contributed by atoms with Crippen LogP contribution in [-0.2, 0) is 22.4 Å². The van der Waals surface area contributed by atoms with E-state index in [4.69, 9.17) is 14.5 Å². The third-order valence-electron chi connectivity index (χ3n) is 5.34. The SMILES string of the molecule is CCc1cc(-c2nc(-c3cc(C(=O)NCCCOC)c(C)n3CCCOC)cs2)ccn1. The highest BCUT2D eigenvalue weighted by atomic mass is 32.1. The van der Waals surface area contributed by atoms with E-state index < -0.39 is 0 Å². The molecule has 0 aromatic carbocycles. The first-order valence-corrected chi connectivity index (χ1v) is 11.8. The Labute approximate surface area is 193 Å². The van der Waals surface area contributed by atoms with Crippen LogP contribution in [0.25, 0.3) is 22.0 Å². The molecule has 1 N–H and O–H groups in total. The number of aryl methyl sites for hydroxylation is 1. The quantitative estimate of drug-likeness (QED) is 0.410. The van der Waals surface area contributed by atoms with Crippen molar-refractivity contribution in [3.05, 3.63) is 46.7 Å². The molecule has 0 radical (unpaired) electrons. The Balaban J connectivity index is 1.90. The average molecular weight is 457 g/mol. The molecule has 3 rings (SSSR count). The van der Waals surface area contributed by atoms with Crippen molar-refractivity contribution >= 4 is 17.2 Å². The first kappa shape index (κ1) is 24.1. The minimum absolute atomic E-state index is 0.0671. The van der Waals surface area contributed by atoms with Gasteiger partial charge in [-0.3, -0.25) is 9.78 Å².